The first kappa shape index (κ1) is 12.8. The minimum absolute atomic E-state index is 0.128. The van der Waals surface area contributed by atoms with Crippen molar-refractivity contribution in [3.63, 3.8) is 0 Å². The van der Waals surface area contributed by atoms with Gasteiger partial charge in [0.2, 0.25) is 0 Å². The van der Waals surface area contributed by atoms with Gasteiger partial charge in [-0.3, -0.25) is 10.1 Å². The van der Waals surface area contributed by atoms with E-state index in [0.717, 1.165) is 24.2 Å². The van der Waals surface area contributed by atoms with E-state index < -0.39 is 0 Å². The second-order valence-corrected chi connectivity index (χ2v) is 5.02. The number of non-ortho nitro benzene ring substituents is 1. The quantitative estimate of drug-likeness (QED) is 0.684. The first-order chi connectivity index (χ1) is 9.74. The maximum Gasteiger partial charge on any atom is 0.269 e. The highest BCUT2D eigenvalue weighted by Crippen LogP contribution is 2.23. The zero-order valence-electron chi connectivity index (χ0n) is 11.0. The Morgan fingerprint density at radius 2 is 2.40 bits per heavy atom. The molecule has 0 bridgehead atoms. The summed E-state index contributed by atoms with van der Waals surface area (Å²) in [4.78, 5) is 14.7. The van der Waals surface area contributed by atoms with Crippen LogP contribution in [-0.2, 0) is 6.54 Å². The van der Waals surface area contributed by atoms with Crippen LogP contribution in [0.5, 0.6) is 0 Å². The lowest BCUT2D eigenvalue weighted by atomic mass is 10.1. The molecule has 20 heavy (non-hydrogen) atoms. The molecule has 104 valence electrons. The number of hydrogen-bond donors (Lipinski definition) is 1. The summed E-state index contributed by atoms with van der Waals surface area (Å²) in [5.41, 5.74) is 2.19. The van der Waals surface area contributed by atoms with Crippen molar-refractivity contribution in [3.8, 4) is 0 Å². The molecule has 0 radical (unpaired) electrons. The molecule has 1 N–H and O–H groups in total. The Morgan fingerprint density at radius 3 is 3.15 bits per heavy atom. The van der Waals surface area contributed by atoms with E-state index >= 15 is 0 Å². The molecule has 2 aromatic rings. The Balaban J connectivity index is 1.82. The van der Waals surface area contributed by atoms with Crippen molar-refractivity contribution in [2.24, 2.45) is 0 Å². The van der Waals surface area contributed by atoms with Gasteiger partial charge < -0.3 is 9.88 Å². The van der Waals surface area contributed by atoms with Gasteiger partial charge in [-0.2, -0.15) is 0 Å². The third-order valence-electron chi connectivity index (χ3n) is 3.64. The fourth-order valence-electron chi connectivity index (χ4n) is 2.66. The molecular formula is C14H16N4O2. The van der Waals surface area contributed by atoms with Crippen molar-refractivity contribution >= 4 is 5.69 Å². The minimum Gasteiger partial charge on any atom is -0.329 e. The molecule has 0 aliphatic carbocycles. The third-order valence-corrected chi connectivity index (χ3v) is 3.64. The van der Waals surface area contributed by atoms with Gasteiger partial charge in [-0.05, 0) is 24.9 Å². The highest BCUT2D eigenvalue weighted by Gasteiger charge is 2.19. The summed E-state index contributed by atoms with van der Waals surface area (Å²) < 4.78 is 2.06. The van der Waals surface area contributed by atoms with Crippen LogP contribution < -0.4 is 5.32 Å². The van der Waals surface area contributed by atoms with Gasteiger partial charge in [0.05, 0.1) is 16.9 Å². The van der Waals surface area contributed by atoms with Gasteiger partial charge in [-0.25, -0.2) is 4.98 Å². The van der Waals surface area contributed by atoms with E-state index in [1.807, 2.05) is 12.3 Å². The lowest BCUT2D eigenvalue weighted by Crippen LogP contribution is -2.17. The predicted molar refractivity (Wildman–Crippen MR) is 74.4 cm³/mol. The normalized spacial score (nSPS) is 18.3. The van der Waals surface area contributed by atoms with Gasteiger partial charge in [-0.1, -0.05) is 12.1 Å². The minimum atomic E-state index is -0.364. The second-order valence-electron chi connectivity index (χ2n) is 5.02. The highest BCUT2D eigenvalue weighted by atomic mass is 16.6. The van der Waals surface area contributed by atoms with Gasteiger partial charge in [0, 0.05) is 30.9 Å². The van der Waals surface area contributed by atoms with Crippen LogP contribution in [0.15, 0.2) is 36.8 Å². The van der Waals surface area contributed by atoms with Crippen LogP contribution >= 0.6 is 0 Å². The Morgan fingerprint density at radius 1 is 1.50 bits per heavy atom. The molecular weight excluding hydrogens is 256 g/mol. The fourth-order valence-corrected chi connectivity index (χ4v) is 2.66. The molecule has 3 rings (SSSR count). The number of nitro benzene ring substituents is 1. The van der Waals surface area contributed by atoms with Crippen LogP contribution in [0.2, 0.25) is 0 Å². The van der Waals surface area contributed by atoms with Crippen LogP contribution in [0.3, 0.4) is 0 Å². The van der Waals surface area contributed by atoms with Gasteiger partial charge in [-0.15, -0.1) is 0 Å². The van der Waals surface area contributed by atoms with E-state index in [1.54, 1.807) is 18.5 Å². The van der Waals surface area contributed by atoms with Crippen LogP contribution in [0.4, 0.5) is 5.69 Å². The summed E-state index contributed by atoms with van der Waals surface area (Å²) in [6.07, 6.45) is 5.95. The Labute approximate surface area is 116 Å². The van der Waals surface area contributed by atoms with Crippen LogP contribution in [0, 0.1) is 10.1 Å². The zero-order chi connectivity index (χ0) is 13.9. The summed E-state index contributed by atoms with van der Waals surface area (Å²) in [7, 11) is 0. The number of aromatic nitrogens is 2. The Bertz CT molecular complexity index is 617. The molecule has 1 aromatic carbocycles. The number of nitrogens with zero attached hydrogens (tertiary/aromatic N) is 3. The van der Waals surface area contributed by atoms with E-state index in [9.17, 15) is 10.1 Å². The standard InChI is InChI=1S/C14H16N4O2/c19-18(20)12-4-1-3-11(7-12)9-17-10-15-8-14(17)13-5-2-6-16-13/h1,3-4,7-8,10,13,16H,2,5-6,9H2/t13-/m0/s1. The zero-order valence-corrected chi connectivity index (χ0v) is 11.0. The number of nitro groups is 1. The van der Waals surface area contributed by atoms with Gasteiger partial charge in [0.15, 0.2) is 0 Å². The van der Waals surface area contributed by atoms with E-state index in [4.69, 9.17) is 0 Å². The summed E-state index contributed by atoms with van der Waals surface area (Å²) in [5.74, 6) is 0. The molecule has 1 aliphatic rings. The SMILES string of the molecule is O=[N+]([O-])c1cccc(Cn2cncc2[C@@H]2CCCN2)c1. The Kier molecular flexibility index (Phi) is 3.47. The molecule has 1 aliphatic heterocycles. The molecule has 2 heterocycles. The van der Waals surface area contributed by atoms with Crippen LogP contribution in [0.25, 0.3) is 0 Å². The van der Waals surface area contributed by atoms with E-state index in [1.165, 1.54) is 12.5 Å². The first-order valence-corrected chi connectivity index (χ1v) is 6.71. The number of imidazole rings is 1. The molecule has 0 amide bonds. The monoisotopic (exact) mass is 272 g/mol. The number of rotatable bonds is 4. The topological polar surface area (TPSA) is 73.0 Å². The van der Waals surface area contributed by atoms with E-state index in [-0.39, 0.29) is 10.6 Å². The lowest BCUT2D eigenvalue weighted by molar-refractivity contribution is -0.384. The largest absolute Gasteiger partial charge is 0.329 e. The number of hydrogen-bond acceptors (Lipinski definition) is 4. The second kappa shape index (κ2) is 5.42. The fraction of sp³-hybridized carbons (Fsp3) is 0.357. The van der Waals surface area contributed by atoms with Crippen molar-refractivity contribution in [2.45, 2.75) is 25.4 Å². The average Bonchev–Trinajstić information content (AvgIpc) is 3.09. The molecule has 1 saturated heterocycles. The van der Waals surface area contributed by atoms with Crippen molar-refractivity contribution in [3.05, 3.63) is 58.2 Å². The van der Waals surface area contributed by atoms with Gasteiger partial charge in [0.25, 0.3) is 5.69 Å². The molecule has 6 nitrogen and oxygen atoms in total. The molecule has 1 atom stereocenters. The molecule has 1 aromatic heterocycles. The smallest absolute Gasteiger partial charge is 0.269 e. The summed E-state index contributed by atoms with van der Waals surface area (Å²) in [5, 5.41) is 14.3. The lowest BCUT2D eigenvalue weighted by Gasteiger charge is -2.13. The van der Waals surface area contributed by atoms with E-state index in [2.05, 4.69) is 14.9 Å². The van der Waals surface area contributed by atoms with Crippen molar-refractivity contribution in [1.29, 1.82) is 0 Å². The number of benzene rings is 1. The maximum atomic E-state index is 10.8. The molecule has 0 unspecified atom stereocenters. The van der Waals surface area contributed by atoms with Gasteiger partial charge >= 0.3 is 0 Å². The average molecular weight is 272 g/mol. The van der Waals surface area contributed by atoms with Crippen molar-refractivity contribution < 1.29 is 4.92 Å². The highest BCUT2D eigenvalue weighted by molar-refractivity contribution is 5.34. The van der Waals surface area contributed by atoms with Crippen molar-refractivity contribution in [1.82, 2.24) is 14.9 Å². The molecule has 0 spiro atoms. The molecule has 0 saturated carbocycles. The number of nitrogens with one attached hydrogen (secondary N) is 1. The maximum absolute atomic E-state index is 10.8. The first-order valence-electron chi connectivity index (χ1n) is 6.71. The van der Waals surface area contributed by atoms with E-state index in [0.29, 0.717) is 12.6 Å². The molecule has 6 heteroatoms. The summed E-state index contributed by atoms with van der Waals surface area (Å²) in [6.45, 7) is 1.64. The molecule has 1 fully saturated rings. The third kappa shape index (κ3) is 2.55. The summed E-state index contributed by atoms with van der Waals surface area (Å²) >= 11 is 0. The van der Waals surface area contributed by atoms with Crippen LogP contribution in [0.1, 0.15) is 30.1 Å². The van der Waals surface area contributed by atoms with Crippen LogP contribution in [-0.4, -0.2) is 21.0 Å². The Hall–Kier alpha value is -2.21. The predicted octanol–water partition coefficient (Wildman–Crippen LogP) is 2.26. The van der Waals surface area contributed by atoms with Crippen molar-refractivity contribution in [2.75, 3.05) is 6.54 Å². The summed E-state index contributed by atoms with van der Waals surface area (Å²) in [6, 6.07) is 7.09. The van der Waals surface area contributed by atoms with Gasteiger partial charge in [0.1, 0.15) is 0 Å².